The van der Waals surface area contributed by atoms with E-state index < -0.39 is 0 Å². The zero-order chi connectivity index (χ0) is 50.3. The molecule has 0 aliphatic carbocycles. The highest BCUT2D eigenvalue weighted by atomic mass is 32.1. The first-order chi connectivity index (χ1) is 35.6. The van der Waals surface area contributed by atoms with Crippen LogP contribution in [-0.4, -0.2) is 46.8 Å². The number of ether oxygens (including phenoxy) is 4. The Morgan fingerprint density at radius 3 is 0.889 bits per heavy atom. The average Bonchev–Trinajstić information content (AvgIpc) is 4.12. The highest BCUT2D eigenvalue weighted by Gasteiger charge is 2.16. The molecular formula is C60H82N6O4S2. The Morgan fingerprint density at radius 1 is 0.306 bits per heavy atom. The van der Waals surface area contributed by atoms with Crippen LogP contribution >= 0.6 is 22.7 Å². The fourth-order valence-corrected chi connectivity index (χ4v) is 10.1. The van der Waals surface area contributed by atoms with Crippen LogP contribution in [-0.2, 0) is 0 Å². The number of aromatic nitrogens is 4. The fourth-order valence-electron chi connectivity index (χ4n) is 8.37. The van der Waals surface area contributed by atoms with Crippen LogP contribution in [0.3, 0.4) is 0 Å². The third-order valence-corrected chi connectivity index (χ3v) is 14.8. The minimum atomic E-state index is 0.674. The monoisotopic (exact) mass is 1010 g/mol. The summed E-state index contributed by atoms with van der Waals surface area (Å²) >= 11 is 3.12. The van der Waals surface area contributed by atoms with E-state index in [9.17, 15) is 0 Å². The summed E-state index contributed by atoms with van der Waals surface area (Å²) in [5, 5.41) is 30.7. The second-order valence-corrected chi connectivity index (χ2v) is 20.9. The van der Waals surface area contributed by atoms with Gasteiger partial charge in [-0.3, -0.25) is 0 Å². The normalized spacial score (nSPS) is 11.4. The van der Waals surface area contributed by atoms with Crippen LogP contribution < -0.4 is 18.9 Å². The van der Waals surface area contributed by atoms with E-state index in [-0.39, 0.29) is 0 Å². The number of azo groups is 1. The van der Waals surface area contributed by atoms with Gasteiger partial charge in [-0.25, -0.2) is 0 Å². The minimum Gasteiger partial charge on any atom is -0.490 e. The summed E-state index contributed by atoms with van der Waals surface area (Å²) in [6.45, 7) is 11.7. The van der Waals surface area contributed by atoms with Gasteiger partial charge < -0.3 is 18.9 Å². The van der Waals surface area contributed by atoms with Gasteiger partial charge in [0.05, 0.1) is 37.8 Å². The Kier molecular flexibility index (Phi) is 26.1. The Hall–Kier alpha value is -5.20. The molecular weight excluding hydrogens is 933 g/mol. The maximum absolute atomic E-state index is 6.36. The molecule has 2 heterocycles. The minimum absolute atomic E-state index is 0.674. The van der Waals surface area contributed by atoms with Crippen molar-refractivity contribution in [3.8, 4) is 65.3 Å². The van der Waals surface area contributed by atoms with Crippen molar-refractivity contribution in [2.75, 3.05) is 26.4 Å². The Morgan fingerprint density at radius 2 is 0.569 bits per heavy atom. The number of rotatable bonds is 38. The Balaban J connectivity index is 1.03. The van der Waals surface area contributed by atoms with Crippen molar-refractivity contribution in [1.29, 1.82) is 0 Å². The smallest absolute Gasteiger partial charge is 0.161 e. The van der Waals surface area contributed by atoms with E-state index in [0.29, 0.717) is 26.4 Å². The van der Waals surface area contributed by atoms with Crippen LogP contribution in [0, 0.1) is 0 Å². The van der Waals surface area contributed by atoms with Crippen molar-refractivity contribution < 1.29 is 18.9 Å². The molecule has 0 spiro atoms. The molecule has 4 aromatic carbocycles. The van der Waals surface area contributed by atoms with Gasteiger partial charge in [0.15, 0.2) is 23.0 Å². The van der Waals surface area contributed by atoms with Gasteiger partial charge in [0.1, 0.15) is 20.0 Å². The number of hydrogen-bond acceptors (Lipinski definition) is 12. The predicted octanol–water partition coefficient (Wildman–Crippen LogP) is 19.4. The summed E-state index contributed by atoms with van der Waals surface area (Å²) in [6.07, 6.45) is 29.3. The van der Waals surface area contributed by atoms with Crippen LogP contribution in [0.4, 0.5) is 11.4 Å². The van der Waals surface area contributed by atoms with E-state index in [1.807, 2.05) is 60.7 Å². The molecule has 72 heavy (non-hydrogen) atoms. The van der Waals surface area contributed by atoms with Crippen molar-refractivity contribution in [3.63, 3.8) is 0 Å². The van der Waals surface area contributed by atoms with E-state index >= 15 is 0 Å². The van der Waals surface area contributed by atoms with Crippen LogP contribution in [0.1, 0.15) is 182 Å². The van der Waals surface area contributed by atoms with Gasteiger partial charge >= 0.3 is 0 Å². The van der Waals surface area contributed by atoms with E-state index in [4.69, 9.17) is 18.9 Å². The molecule has 0 amide bonds. The molecule has 0 saturated carbocycles. The summed E-state index contributed by atoms with van der Waals surface area (Å²) in [5.74, 6) is 3.16. The van der Waals surface area contributed by atoms with Crippen molar-refractivity contribution in [3.05, 3.63) is 84.9 Å². The molecule has 0 aliphatic heterocycles. The molecule has 6 aromatic rings. The number of hydrogen-bond donors (Lipinski definition) is 0. The van der Waals surface area contributed by atoms with Gasteiger partial charge in [0, 0.05) is 22.3 Å². The predicted molar refractivity (Wildman–Crippen MR) is 301 cm³/mol. The number of nitrogens with zero attached hydrogens (tertiary/aromatic N) is 6. The van der Waals surface area contributed by atoms with E-state index in [1.165, 1.54) is 128 Å². The maximum atomic E-state index is 6.36. The Bertz CT molecular complexity index is 2250. The molecule has 2 aromatic heterocycles. The van der Waals surface area contributed by atoms with E-state index in [1.54, 1.807) is 22.7 Å². The van der Waals surface area contributed by atoms with Crippen molar-refractivity contribution in [2.24, 2.45) is 10.2 Å². The molecule has 0 N–H and O–H groups in total. The van der Waals surface area contributed by atoms with Crippen molar-refractivity contribution in [1.82, 2.24) is 20.4 Å². The molecule has 0 saturated heterocycles. The van der Waals surface area contributed by atoms with Gasteiger partial charge in [-0.05, 0) is 111 Å². The lowest BCUT2D eigenvalue weighted by molar-refractivity contribution is 0.258. The van der Waals surface area contributed by atoms with E-state index in [0.717, 1.165) is 102 Å². The highest BCUT2D eigenvalue weighted by molar-refractivity contribution is 7.18. The molecule has 10 nitrogen and oxygen atoms in total. The molecule has 6 rings (SSSR count). The van der Waals surface area contributed by atoms with Crippen LogP contribution in [0.5, 0.6) is 23.0 Å². The molecule has 0 radical (unpaired) electrons. The summed E-state index contributed by atoms with van der Waals surface area (Å²) in [5.41, 5.74) is 5.39. The number of benzene rings is 4. The third kappa shape index (κ3) is 19.7. The second-order valence-electron chi connectivity index (χ2n) is 18.9. The largest absolute Gasteiger partial charge is 0.490 e. The first-order valence-corrected chi connectivity index (χ1v) is 29.3. The van der Waals surface area contributed by atoms with Crippen LogP contribution in [0.2, 0.25) is 0 Å². The zero-order valence-corrected chi connectivity index (χ0v) is 45.6. The molecule has 0 atom stereocenters. The number of unbranched alkanes of at least 4 members (excludes halogenated alkanes) is 20. The lowest BCUT2D eigenvalue weighted by Crippen LogP contribution is -2.03. The van der Waals surface area contributed by atoms with Gasteiger partial charge in [-0.15, -0.1) is 20.4 Å². The van der Waals surface area contributed by atoms with Crippen LogP contribution in [0.25, 0.3) is 42.3 Å². The van der Waals surface area contributed by atoms with Gasteiger partial charge in [0.2, 0.25) is 0 Å². The lowest BCUT2D eigenvalue weighted by atomic mass is 10.1. The summed E-state index contributed by atoms with van der Waals surface area (Å²) in [4.78, 5) is 0. The SMILES string of the molecule is CCCCCCCCOc1ccc(-c2nnc(-c3ccc(N=Nc4ccc(-c5nnc(-c6ccc(OCCCCCCCC)c(OCCCCCCCC)c6)s5)cc4)cc3)s2)cc1OCCCCCCCC. The summed E-state index contributed by atoms with van der Waals surface area (Å²) in [6, 6.07) is 28.2. The molecule has 0 aliphatic rings. The molecule has 0 fully saturated rings. The third-order valence-electron chi connectivity index (χ3n) is 12.8. The summed E-state index contributed by atoms with van der Waals surface area (Å²) < 4.78 is 25.3. The molecule has 0 bridgehead atoms. The van der Waals surface area contributed by atoms with Gasteiger partial charge in [-0.2, -0.15) is 10.2 Å². The topological polar surface area (TPSA) is 113 Å². The van der Waals surface area contributed by atoms with Crippen molar-refractivity contribution in [2.45, 2.75) is 182 Å². The lowest BCUT2D eigenvalue weighted by Gasteiger charge is -2.14. The highest BCUT2D eigenvalue weighted by Crippen LogP contribution is 2.39. The van der Waals surface area contributed by atoms with Gasteiger partial charge in [0.25, 0.3) is 0 Å². The first kappa shape index (κ1) is 56.1. The Labute approximate surface area is 439 Å². The molecule has 0 unspecified atom stereocenters. The van der Waals surface area contributed by atoms with Gasteiger partial charge in [-0.1, -0.05) is 179 Å². The molecule has 12 heteroatoms. The average molecular weight is 1020 g/mol. The first-order valence-electron chi connectivity index (χ1n) is 27.7. The molecule has 388 valence electrons. The van der Waals surface area contributed by atoms with Crippen molar-refractivity contribution >= 4 is 34.0 Å². The second kappa shape index (κ2) is 33.5. The van der Waals surface area contributed by atoms with Crippen LogP contribution in [0.15, 0.2) is 95.2 Å². The van der Waals surface area contributed by atoms with E-state index in [2.05, 4.69) is 82.6 Å². The quantitative estimate of drug-likeness (QED) is 0.0278. The fraction of sp³-hybridized carbons (Fsp3) is 0.533. The standard InChI is InChI=1S/C60H82N6O4S2/c1-5-9-13-17-21-25-41-67-53-39-33-49(45-55(53)69-43-27-23-19-15-11-7-3)59-65-63-57(71-59)47-29-35-51(36-30-47)61-62-52-37-31-48(32-38-52)58-64-66-60(72-58)50-34-40-54(68-42-26-22-18-14-10-6-2)56(46-50)70-44-28-24-20-16-12-8-4/h29-40,45-46H,5-28,41-44H2,1-4H3. The summed E-state index contributed by atoms with van der Waals surface area (Å²) in [7, 11) is 0. The maximum Gasteiger partial charge on any atom is 0.161 e. The zero-order valence-electron chi connectivity index (χ0n) is 44.0.